The predicted octanol–water partition coefficient (Wildman–Crippen LogP) is 5.62. The van der Waals surface area contributed by atoms with Crippen LogP contribution in [0.2, 0.25) is 10.0 Å². The van der Waals surface area contributed by atoms with Gasteiger partial charge < -0.3 is 14.8 Å². The Hall–Kier alpha value is -3.07. The van der Waals surface area contributed by atoms with Gasteiger partial charge in [-0.25, -0.2) is 18.0 Å². The molecule has 35 heavy (non-hydrogen) atoms. The van der Waals surface area contributed by atoms with Crippen LogP contribution < -0.4 is 5.32 Å². The molecule has 1 aliphatic rings. The molecule has 3 aromatic rings. The Morgan fingerprint density at radius 3 is 2.29 bits per heavy atom. The van der Waals surface area contributed by atoms with Gasteiger partial charge in [-0.1, -0.05) is 41.4 Å². The third-order valence-electron chi connectivity index (χ3n) is 5.70. The second-order valence-electron chi connectivity index (χ2n) is 7.82. The van der Waals surface area contributed by atoms with E-state index in [9.17, 15) is 22.8 Å². The summed E-state index contributed by atoms with van der Waals surface area (Å²) < 4.78 is 52.2. The van der Waals surface area contributed by atoms with E-state index >= 15 is 0 Å². The number of rotatable bonds is 6. The second kappa shape index (κ2) is 10.3. The molecular weight excluding hydrogens is 506 g/mol. The van der Waals surface area contributed by atoms with E-state index in [1.807, 2.05) is 0 Å². The van der Waals surface area contributed by atoms with Crippen LogP contribution >= 0.6 is 23.2 Å². The molecule has 182 valence electrons. The van der Waals surface area contributed by atoms with Gasteiger partial charge in [-0.3, -0.25) is 4.79 Å². The molecule has 3 aromatic carbocycles. The first-order chi connectivity index (χ1) is 16.7. The van der Waals surface area contributed by atoms with E-state index in [2.05, 4.69) is 5.32 Å². The molecule has 5 nitrogen and oxygen atoms in total. The Morgan fingerprint density at radius 2 is 1.66 bits per heavy atom. The molecule has 1 N–H and O–H groups in total. The fourth-order valence-corrected chi connectivity index (χ4v) is 4.73. The van der Waals surface area contributed by atoms with Crippen LogP contribution in [0.3, 0.4) is 0 Å². The molecule has 0 radical (unpaired) electrons. The number of carbonyl (C=O) groups excluding carboxylic acids is 2. The highest BCUT2D eigenvalue weighted by atomic mass is 35.5. The highest BCUT2D eigenvalue weighted by Gasteiger charge is 2.29. The predicted molar refractivity (Wildman–Crippen MR) is 124 cm³/mol. The lowest BCUT2D eigenvalue weighted by atomic mass is 9.91. The highest BCUT2D eigenvalue weighted by Crippen LogP contribution is 2.41. The number of esters is 1. The van der Waals surface area contributed by atoms with Crippen molar-refractivity contribution >= 4 is 35.1 Å². The van der Waals surface area contributed by atoms with Crippen molar-refractivity contribution in [3.63, 3.8) is 0 Å². The van der Waals surface area contributed by atoms with Gasteiger partial charge in [0.25, 0.3) is 5.91 Å². The lowest BCUT2D eigenvalue weighted by Crippen LogP contribution is -2.43. The van der Waals surface area contributed by atoms with Gasteiger partial charge in [0.05, 0.1) is 30.4 Å². The van der Waals surface area contributed by atoms with E-state index < -0.39 is 40.9 Å². The van der Waals surface area contributed by atoms with Gasteiger partial charge in [-0.2, -0.15) is 0 Å². The van der Waals surface area contributed by atoms with Crippen molar-refractivity contribution in [3.8, 4) is 11.1 Å². The fraction of sp³-hybridized carbons (Fsp3) is 0.200. The lowest BCUT2D eigenvalue weighted by Gasteiger charge is -2.20. The normalized spacial score (nSPS) is 13.3. The number of amides is 1. The molecule has 0 bridgehead atoms. The maximum Gasteiger partial charge on any atom is 0.328 e. The van der Waals surface area contributed by atoms with Crippen molar-refractivity contribution in [1.29, 1.82) is 0 Å². The number of nitrogens with one attached hydrogen (secondary N) is 1. The summed E-state index contributed by atoms with van der Waals surface area (Å²) in [4.78, 5) is 25.0. The summed E-state index contributed by atoms with van der Waals surface area (Å²) in [7, 11) is 1.14. The summed E-state index contributed by atoms with van der Waals surface area (Å²) in [6.07, 6.45) is -0.0364. The Labute approximate surface area is 208 Å². The third kappa shape index (κ3) is 5.00. The number of hydrogen-bond donors (Lipinski definition) is 1. The molecule has 0 aromatic heterocycles. The van der Waals surface area contributed by atoms with Crippen LogP contribution in [0.5, 0.6) is 0 Å². The number of carbonyl (C=O) groups is 2. The van der Waals surface area contributed by atoms with Crippen LogP contribution in [0.15, 0.2) is 42.5 Å². The molecule has 4 rings (SSSR count). The summed E-state index contributed by atoms with van der Waals surface area (Å²) >= 11 is 12.5. The van der Waals surface area contributed by atoms with Crippen molar-refractivity contribution in [2.24, 2.45) is 0 Å². The molecule has 0 aliphatic carbocycles. The standard InChI is InChI=1S/C25H18Cl2F3NO4/c1-34-25(33)21(31-24(32)23-19(29)3-2-4-20(23)30)7-12-5-6-14(16-11-35-10-15(12)16)22-17(26)8-13(28)9-18(22)27/h2-6,8-9,21H,7,10-11H2,1H3,(H,31,32)/t21-/m0/s1. The zero-order valence-electron chi connectivity index (χ0n) is 18.3. The minimum absolute atomic E-state index is 0.0364. The summed E-state index contributed by atoms with van der Waals surface area (Å²) in [5.41, 5.74) is 2.40. The molecule has 0 spiro atoms. The molecule has 0 fully saturated rings. The zero-order chi connectivity index (χ0) is 25.3. The maximum atomic E-state index is 14.1. The molecule has 1 heterocycles. The summed E-state index contributed by atoms with van der Waals surface area (Å²) in [5, 5.41) is 2.61. The van der Waals surface area contributed by atoms with E-state index in [1.54, 1.807) is 12.1 Å². The maximum absolute atomic E-state index is 14.1. The quantitative estimate of drug-likeness (QED) is 0.426. The van der Waals surface area contributed by atoms with Crippen LogP contribution in [-0.2, 0) is 33.9 Å². The first-order valence-electron chi connectivity index (χ1n) is 10.4. The Kier molecular flexibility index (Phi) is 7.35. The molecule has 10 heteroatoms. The average Bonchev–Trinajstić information content (AvgIpc) is 3.29. The molecule has 0 saturated heterocycles. The molecule has 1 aliphatic heterocycles. The number of fused-ring (bicyclic) bond motifs is 1. The van der Waals surface area contributed by atoms with Crippen molar-refractivity contribution in [1.82, 2.24) is 5.32 Å². The number of ether oxygens (including phenoxy) is 2. The smallest absolute Gasteiger partial charge is 0.328 e. The molecule has 0 saturated carbocycles. The van der Waals surface area contributed by atoms with Gasteiger partial charge in [0.1, 0.15) is 29.1 Å². The van der Waals surface area contributed by atoms with Crippen LogP contribution in [-0.4, -0.2) is 25.0 Å². The van der Waals surface area contributed by atoms with E-state index in [-0.39, 0.29) is 29.7 Å². The van der Waals surface area contributed by atoms with Crippen LogP contribution in [0.4, 0.5) is 13.2 Å². The second-order valence-corrected chi connectivity index (χ2v) is 8.63. The van der Waals surface area contributed by atoms with Crippen LogP contribution in [0, 0.1) is 17.5 Å². The van der Waals surface area contributed by atoms with Crippen molar-refractivity contribution in [2.45, 2.75) is 25.7 Å². The molecule has 1 atom stereocenters. The topological polar surface area (TPSA) is 64.6 Å². The van der Waals surface area contributed by atoms with Crippen molar-refractivity contribution in [3.05, 3.63) is 92.2 Å². The first kappa shape index (κ1) is 25.0. The van der Waals surface area contributed by atoms with Crippen LogP contribution in [0.1, 0.15) is 27.0 Å². The number of hydrogen-bond acceptors (Lipinski definition) is 4. The summed E-state index contributed by atoms with van der Waals surface area (Å²) in [6, 6.07) is 7.50. The largest absolute Gasteiger partial charge is 0.467 e. The Balaban J connectivity index is 1.68. The first-order valence-corrected chi connectivity index (χ1v) is 11.2. The van der Waals surface area contributed by atoms with Gasteiger partial charge in [0, 0.05) is 12.0 Å². The average molecular weight is 524 g/mol. The van der Waals surface area contributed by atoms with Gasteiger partial charge in [-0.15, -0.1) is 0 Å². The van der Waals surface area contributed by atoms with E-state index in [0.717, 1.165) is 48.6 Å². The zero-order valence-corrected chi connectivity index (χ0v) is 19.8. The third-order valence-corrected chi connectivity index (χ3v) is 6.30. The number of halogens is 5. The number of methoxy groups -OCH3 is 1. The molecule has 0 unspecified atom stereocenters. The molecule has 1 amide bonds. The van der Waals surface area contributed by atoms with Gasteiger partial charge in [0.2, 0.25) is 0 Å². The summed E-state index contributed by atoms with van der Waals surface area (Å²) in [5.74, 6) is -4.58. The van der Waals surface area contributed by atoms with Crippen molar-refractivity contribution in [2.75, 3.05) is 7.11 Å². The van der Waals surface area contributed by atoms with Gasteiger partial charge in [0.15, 0.2) is 0 Å². The SMILES string of the molecule is COC(=O)[C@H](Cc1ccc(-c2c(Cl)cc(F)cc2Cl)c2c1COC2)NC(=O)c1c(F)cccc1F. The number of benzene rings is 3. The monoisotopic (exact) mass is 523 g/mol. The fourth-order valence-electron chi connectivity index (χ4n) is 4.07. The van der Waals surface area contributed by atoms with E-state index in [1.165, 1.54) is 0 Å². The Morgan fingerprint density at radius 1 is 1.03 bits per heavy atom. The van der Waals surface area contributed by atoms with Gasteiger partial charge in [-0.05, 0) is 46.5 Å². The molecular formula is C25H18Cl2F3NO4. The lowest BCUT2D eigenvalue weighted by molar-refractivity contribution is -0.142. The van der Waals surface area contributed by atoms with E-state index in [4.69, 9.17) is 32.7 Å². The Bertz CT molecular complexity index is 1290. The van der Waals surface area contributed by atoms with Crippen molar-refractivity contribution < 1.29 is 32.2 Å². The minimum Gasteiger partial charge on any atom is -0.467 e. The highest BCUT2D eigenvalue weighted by molar-refractivity contribution is 6.39. The van der Waals surface area contributed by atoms with E-state index in [0.29, 0.717) is 16.7 Å². The summed E-state index contributed by atoms with van der Waals surface area (Å²) in [6.45, 7) is 0.428. The van der Waals surface area contributed by atoms with Crippen LogP contribution in [0.25, 0.3) is 11.1 Å². The minimum atomic E-state index is -1.24. The van der Waals surface area contributed by atoms with Gasteiger partial charge >= 0.3 is 5.97 Å².